The van der Waals surface area contributed by atoms with Crippen molar-refractivity contribution in [1.82, 2.24) is 10.6 Å². The Morgan fingerprint density at radius 1 is 1.21 bits per heavy atom. The number of amides is 2. The summed E-state index contributed by atoms with van der Waals surface area (Å²) in [5.41, 5.74) is 0. The summed E-state index contributed by atoms with van der Waals surface area (Å²) in [6, 6.07) is -0.551. The molecule has 0 aliphatic heterocycles. The van der Waals surface area contributed by atoms with Crippen LogP contribution in [0.3, 0.4) is 0 Å². The Morgan fingerprint density at radius 2 is 1.79 bits per heavy atom. The van der Waals surface area contributed by atoms with Crippen molar-refractivity contribution < 1.29 is 14.4 Å². The second kappa shape index (κ2) is 6.12. The minimum atomic E-state index is -0.551. The van der Waals surface area contributed by atoms with Crippen molar-refractivity contribution in [1.29, 1.82) is 0 Å². The van der Waals surface area contributed by atoms with Gasteiger partial charge in [0, 0.05) is 20.4 Å². The zero-order valence-electron chi connectivity index (χ0n) is 8.72. The maximum atomic E-state index is 11.0. The van der Waals surface area contributed by atoms with Crippen LogP contribution in [0, 0.1) is 0 Å². The number of ketones is 1. The zero-order chi connectivity index (χ0) is 11.1. The fourth-order valence-electron chi connectivity index (χ4n) is 1.02. The first-order chi connectivity index (χ1) is 6.47. The van der Waals surface area contributed by atoms with Gasteiger partial charge in [0.15, 0.2) is 5.78 Å². The molecule has 2 amide bonds. The molecule has 0 radical (unpaired) electrons. The van der Waals surface area contributed by atoms with Crippen LogP contribution < -0.4 is 10.6 Å². The maximum absolute atomic E-state index is 11.0. The quantitative estimate of drug-likeness (QED) is 0.634. The van der Waals surface area contributed by atoms with E-state index in [2.05, 4.69) is 10.6 Å². The first-order valence-electron chi connectivity index (χ1n) is 4.45. The average molecular weight is 200 g/mol. The lowest BCUT2D eigenvalue weighted by atomic mass is 10.1. The van der Waals surface area contributed by atoms with Gasteiger partial charge < -0.3 is 10.6 Å². The molecule has 0 aromatic carbocycles. The molecule has 0 aliphatic rings. The van der Waals surface area contributed by atoms with Crippen molar-refractivity contribution in [3.63, 3.8) is 0 Å². The van der Waals surface area contributed by atoms with E-state index in [4.69, 9.17) is 0 Å². The second-order valence-electron chi connectivity index (χ2n) is 3.08. The molecule has 1 unspecified atom stereocenters. The molecular formula is C9H16N2O3. The highest BCUT2D eigenvalue weighted by Gasteiger charge is 2.15. The molecule has 1 atom stereocenters. The number of hydrogen-bond acceptors (Lipinski definition) is 3. The predicted octanol–water partition coefficient (Wildman–Crippen LogP) is -0.394. The minimum Gasteiger partial charge on any atom is -0.359 e. The van der Waals surface area contributed by atoms with Gasteiger partial charge in [0.1, 0.15) is 0 Å². The van der Waals surface area contributed by atoms with Gasteiger partial charge in [-0.2, -0.15) is 0 Å². The van der Waals surface area contributed by atoms with Crippen molar-refractivity contribution >= 4 is 17.6 Å². The van der Waals surface area contributed by atoms with E-state index < -0.39 is 6.04 Å². The molecular weight excluding hydrogens is 184 g/mol. The molecule has 0 aromatic rings. The summed E-state index contributed by atoms with van der Waals surface area (Å²) >= 11 is 0. The minimum absolute atomic E-state index is 0.135. The molecule has 0 rings (SSSR count). The van der Waals surface area contributed by atoms with Crippen LogP contribution in [0.4, 0.5) is 0 Å². The summed E-state index contributed by atoms with van der Waals surface area (Å²) in [5.74, 6) is -0.534. The highest BCUT2D eigenvalue weighted by molar-refractivity contribution is 5.87. The van der Waals surface area contributed by atoms with Gasteiger partial charge in [-0.25, -0.2) is 0 Å². The number of rotatable bonds is 5. The standard InChI is InChI=1S/C9H16N2O3/c1-6(12)8(11-7(2)13)4-5-9(14)10-3/h8H,4-5H2,1-3H3,(H,10,14)(H,11,13). The van der Waals surface area contributed by atoms with Gasteiger partial charge in [-0.1, -0.05) is 0 Å². The van der Waals surface area contributed by atoms with Crippen molar-refractivity contribution in [2.24, 2.45) is 0 Å². The van der Waals surface area contributed by atoms with Gasteiger partial charge in [-0.15, -0.1) is 0 Å². The maximum Gasteiger partial charge on any atom is 0.219 e. The Kier molecular flexibility index (Phi) is 5.52. The van der Waals surface area contributed by atoms with Crippen molar-refractivity contribution in [3.05, 3.63) is 0 Å². The van der Waals surface area contributed by atoms with E-state index in [0.29, 0.717) is 6.42 Å². The summed E-state index contributed by atoms with van der Waals surface area (Å²) in [5, 5.41) is 4.94. The van der Waals surface area contributed by atoms with Crippen LogP contribution in [0.25, 0.3) is 0 Å². The normalized spacial score (nSPS) is 11.6. The average Bonchev–Trinajstić information content (AvgIpc) is 2.10. The fourth-order valence-corrected chi connectivity index (χ4v) is 1.02. The Morgan fingerprint density at radius 3 is 2.14 bits per heavy atom. The third-order valence-corrected chi connectivity index (χ3v) is 1.81. The molecule has 2 N–H and O–H groups in total. The van der Waals surface area contributed by atoms with E-state index in [9.17, 15) is 14.4 Å². The topological polar surface area (TPSA) is 75.3 Å². The van der Waals surface area contributed by atoms with Crippen LogP contribution in [0.5, 0.6) is 0 Å². The van der Waals surface area contributed by atoms with E-state index in [1.54, 1.807) is 0 Å². The molecule has 0 saturated carbocycles. The van der Waals surface area contributed by atoms with Crippen LogP contribution in [0.2, 0.25) is 0 Å². The largest absolute Gasteiger partial charge is 0.359 e. The molecule has 80 valence electrons. The lowest BCUT2D eigenvalue weighted by Crippen LogP contribution is -2.39. The molecule has 0 heterocycles. The first-order valence-corrected chi connectivity index (χ1v) is 4.45. The van der Waals surface area contributed by atoms with Crippen molar-refractivity contribution in [2.45, 2.75) is 32.7 Å². The molecule has 5 heteroatoms. The molecule has 14 heavy (non-hydrogen) atoms. The Hall–Kier alpha value is -1.39. The predicted molar refractivity (Wildman–Crippen MR) is 51.6 cm³/mol. The van der Waals surface area contributed by atoms with E-state index in [1.165, 1.54) is 20.9 Å². The lowest BCUT2D eigenvalue weighted by molar-refractivity contribution is -0.126. The number of hydrogen-bond donors (Lipinski definition) is 2. The molecule has 0 aromatic heterocycles. The monoisotopic (exact) mass is 200 g/mol. The van der Waals surface area contributed by atoms with Crippen molar-refractivity contribution in [2.75, 3.05) is 7.05 Å². The SMILES string of the molecule is CNC(=O)CCC(NC(C)=O)C(C)=O. The highest BCUT2D eigenvalue weighted by atomic mass is 16.2. The van der Waals surface area contributed by atoms with E-state index in [1.807, 2.05) is 0 Å². The van der Waals surface area contributed by atoms with E-state index in [-0.39, 0.29) is 24.0 Å². The molecule has 0 saturated heterocycles. The molecule has 0 spiro atoms. The molecule has 5 nitrogen and oxygen atoms in total. The Bertz CT molecular complexity index is 238. The zero-order valence-corrected chi connectivity index (χ0v) is 8.72. The van der Waals surface area contributed by atoms with Gasteiger partial charge in [0.2, 0.25) is 11.8 Å². The summed E-state index contributed by atoms with van der Waals surface area (Å²) in [4.78, 5) is 32.6. The third kappa shape index (κ3) is 5.29. The highest BCUT2D eigenvalue weighted by Crippen LogP contribution is 1.98. The van der Waals surface area contributed by atoms with Crippen LogP contribution in [-0.4, -0.2) is 30.7 Å². The Balaban J connectivity index is 4.04. The smallest absolute Gasteiger partial charge is 0.219 e. The summed E-state index contributed by atoms with van der Waals surface area (Å²) in [7, 11) is 1.53. The summed E-state index contributed by atoms with van der Waals surface area (Å²) in [6.07, 6.45) is 0.579. The number of carbonyl (C=O) groups is 3. The molecule has 0 bridgehead atoms. The third-order valence-electron chi connectivity index (χ3n) is 1.81. The molecule has 0 fully saturated rings. The van der Waals surface area contributed by atoms with Crippen molar-refractivity contribution in [3.8, 4) is 0 Å². The summed E-state index contributed by atoms with van der Waals surface area (Å²) in [6.45, 7) is 2.74. The van der Waals surface area contributed by atoms with Crippen LogP contribution in [0.1, 0.15) is 26.7 Å². The lowest BCUT2D eigenvalue weighted by Gasteiger charge is -2.13. The Labute approximate surface area is 83.2 Å². The van der Waals surface area contributed by atoms with E-state index >= 15 is 0 Å². The van der Waals surface area contributed by atoms with Gasteiger partial charge in [-0.3, -0.25) is 14.4 Å². The molecule has 0 aliphatic carbocycles. The number of Topliss-reactive ketones (excluding diaryl/α,β-unsaturated/α-hetero) is 1. The van der Waals surface area contributed by atoms with Gasteiger partial charge in [0.05, 0.1) is 6.04 Å². The van der Waals surface area contributed by atoms with Gasteiger partial charge in [-0.05, 0) is 13.3 Å². The second-order valence-corrected chi connectivity index (χ2v) is 3.08. The fraction of sp³-hybridized carbons (Fsp3) is 0.667. The van der Waals surface area contributed by atoms with Gasteiger partial charge >= 0.3 is 0 Å². The number of carbonyl (C=O) groups excluding carboxylic acids is 3. The van der Waals surface area contributed by atoms with Crippen LogP contribution >= 0.6 is 0 Å². The first kappa shape index (κ1) is 12.6. The van der Waals surface area contributed by atoms with Crippen LogP contribution in [0.15, 0.2) is 0 Å². The van der Waals surface area contributed by atoms with E-state index in [0.717, 1.165) is 0 Å². The number of nitrogens with one attached hydrogen (secondary N) is 2. The summed E-state index contributed by atoms with van der Waals surface area (Å²) < 4.78 is 0. The van der Waals surface area contributed by atoms with Crippen LogP contribution in [-0.2, 0) is 14.4 Å². The van der Waals surface area contributed by atoms with Gasteiger partial charge in [0.25, 0.3) is 0 Å².